The number of nitrogen functional groups attached to an aromatic ring is 1. The average molecular weight is 269 g/mol. The molecule has 0 radical (unpaired) electrons. The molecule has 100 valence electrons. The predicted octanol–water partition coefficient (Wildman–Crippen LogP) is 1.96. The highest BCUT2D eigenvalue weighted by molar-refractivity contribution is 5.36. The number of aromatic nitrogens is 2. The maximum atomic E-state index is 12.4. The van der Waals surface area contributed by atoms with Crippen molar-refractivity contribution in [1.82, 2.24) is 10.2 Å². The highest BCUT2D eigenvalue weighted by Gasteiger charge is 2.29. The van der Waals surface area contributed by atoms with Crippen LogP contribution in [0.2, 0.25) is 0 Å². The number of halogens is 3. The molecule has 0 unspecified atom stereocenters. The van der Waals surface area contributed by atoms with Crippen LogP contribution < -0.4 is 11.3 Å². The van der Waals surface area contributed by atoms with Gasteiger partial charge >= 0.3 is 6.18 Å². The number of hydrogen-bond donors (Lipinski definition) is 2. The van der Waals surface area contributed by atoms with Crippen LogP contribution in [0.4, 0.5) is 18.9 Å². The lowest BCUT2D eigenvalue weighted by molar-refractivity contribution is -0.137. The van der Waals surface area contributed by atoms with E-state index in [1.165, 1.54) is 18.2 Å². The summed E-state index contributed by atoms with van der Waals surface area (Å²) in [6.07, 6.45) is -4.06. The normalized spacial score (nSPS) is 11.5. The van der Waals surface area contributed by atoms with Crippen LogP contribution in [0.1, 0.15) is 16.8 Å². The third-order valence-corrected chi connectivity index (χ3v) is 2.55. The number of anilines is 1. The predicted molar refractivity (Wildman–Crippen MR) is 63.5 cm³/mol. The minimum absolute atomic E-state index is 0.0249. The maximum Gasteiger partial charge on any atom is 0.416 e. The molecule has 3 N–H and O–H groups in total. The molecular formula is C12H10F3N3O. The average Bonchev–Trinajstić information content (AvgIpc) is 2.33. The summed E-state index contributed by atoms with van der Waals surface area (Å²) in [4.78, 5) is 11.0. The molecule has 0 spiro atoms. The molecule has 0 atom stereocenters. The summed E-state index contributed by atoms with van der Waals surface area (Å²) in [5.74, 6) is 0. The second kappa shape index (κ2) is 4.75. The Kier molecular flexibility index (Phi) is 3.28. The van der Waals surface area contributed by atoms with Crippen LogP contribution >= 0.6 is 0 Å². The highest BCUT2D eigenvalue weighted by atomic mass is 19.4. The minimum atomic E-state index is -4.35. The van der Waals surface area contributed by atoms with Gasteiger partial charge in [0.2, 0.25) is 0 Å². The van der Waals surface area contributed by atoms with Gasteiger partial charge in [-0.1, -0.05) is 12.1 Å². The van der Waals surface area contributed by atoms with E-state index in [1.807, 2.05) is 0 Å². The highest BCUT2D eigenvalue weighted by Crippen LogP contribution is 2.29. The fourth-order valence-electron chi connectivity index (χ4n) is 1.58. The molecule has 19 heavy (non-hydrogen) atoms. The Morgan fingerprint density at radius 1 is 1.21 bits per heavy atom. The van der Waals surface area contributed by atoms with E-state index in [9.17, 15) is 18.0 Å². The van der Waals surface area contributed by atoms with Crippen molar-refractivity contribution in [2.45, 2.75) is 12.6 Å². The summed E-state index contributed by atoms with van der Waals surface area (Å²) in [5.41, 5.74) is 5.38. The number of benzene rings is 1. The Morgan fingerprint density at radius 2 is 1.84 bits per heavy atom. The molecule has 2 rings (SSSR count). The number of H-pyrrole nitrogens is 1. The smallest absolute Gasteiger partial charge is 0.394 e. The third-order valence-electron chi connectivity index (χ3n) is 2.55. The fraction of sp³-hybridized carbons (Fsp3) is 0.167. The number of aromatic amines is 1. The Hall–Kier alpha value is -2.31. The van der Waals surface area contributed by atoms with Crippen molar-refractivity contribution in [2.75, 3.05) is 5.73 Å². The first kappa shape index (κ1) is 13.1. The van der Waals surface area contributed by atoms with Crippen LogP contribution in [0.25, 0.3) is 0 Å². The topological polar surface area (TPSA) is 71.8 Å². The second-order valence-corrected chi connectivity index (χ2v) is 4.02. The van der Waals surface area contributed by atoms with E-state index in [0.717, 1.165) is 12.1 Å². The van der Waals surface area contributed by atoms with Gasteiger partial charge in [0.05, 0.1) is 11.3 Å². The summed E-state index contributed by atoms with van der Waals surface area (Å²) in [6.45, 7) is 0. The van der Waals surface area contributed by atoms with E-state index >= 15 is 0 Å². The summed E-state index contributed by atoms with van der Waals surface area (Å²) in [6, 6.07) is 6.14. The van der Waals surface area contributed by atoms with E-state index in [0.29, 0.717) is 17.7 Å². The molecule has 1 aromatic heterocycles. The quantitative estimate of drug-likeness (QED) is 0.875. The SMILES string of the molecule is Nc1cc(Cc2ccc(C(F)(F)F)cc2)n[nH]c1=O. The van der Waals surface area contributed by atoms with Crippen LogP contribution in [-0.4, -0.2) is 10.2 Å². The van der Waals surface area contributed by atoms with E-state index < -0.39 is 17.3 Å². The second-order valence-electron chi connectivity index (χ2n) is 4.02. The zero-order valence-corrected chi connectivity index (χ0v) is 9.66. The van der Waals surface area contributed by atoms with Crippen molar-refractivity contribution in [1.29, 1.82) is 0 Å². The molecule has 0 saturated carbocycles. The molecule has 0 fully saturated rings. The van der Waals surface area contributed by atoms with Gasteiger partial charge in [-0.25, -0.2) is 5.10 Å². The summed E-state index contributed by atoms with van der Waals surface area (Å²) >= 11 is 0. The fourth-order valence-corrected chi connectivity index (χ4v) is 1.58. The third kappa shape index (κ3) is 3.12. The van der Waals surface area contributed by atoms with E-state index in [4.69, 9.17) is 5.73 Å². The molecule has 7 heteroatoms. The Bertz CT molecular complexity index is 632. The molecule has 0 bridgehead atoms. The monoisotopic (exact) mass is 269 g/mol. The number of nitrogens with one attached hydrogen (secondary N) is 1. The van der Waals surface area contributed by atoms with Crippen LogP contribution in [0.5, 0.6) is 0 Å². The zero-order chi connectivity index (χ0) is 14.0. The van der Waals surface area contributed by atoms with Crippen LogP contribution in [0.15, 0.2) is 35.1 Å². The van der Waals surface area contributed by atoms with E-state index in [-0.39, 0.29) is 5.69 Å². The van der Waals surface area contributed by atoms with Gasteiger partial charge in [0.15, 0.2) is 0 Å². The van der Waals surface area contributed by atoms with E-state index in [2.05, 4.69) is 10.2 Å². The van der Waals surface area contributed by atoms with Gasteiger partial charge in [0, 0.05) is 6.42 Å². The standard InChI is InChI=1S/C12H10F3N3O/c13-12(14,15)8-3-1-7(2-4-8)5-9-6-10(16)11(19)18-17-9/h1-4,6H,5H2,(H2,16,17)(H,18,19). The van der Waals surface area contributed by atoms with Crippen molar-refractivity contribution in [3.63, 3.8) is 0 Å². The first-order valence-corrected chi connectivity index (χ1v) is 5.36. The molecule has 1 heterocycles. The maximum absolute atomic E-state index is 12.4. The van der Waals surface area contributed by atoms with Crippen molar-refractivity contribution in [2.24, 2.45) is 0 Å². The van der Waals surface area contributed by atoms with Gasteiger partial charge in [-0.05, 0) is 23.8 Å². The summed E-state index contributed by atoms with van der Waals surface area (Å²) in [7, 11) is 0. The number of hydrogen-bond acceptors (Lipinski definition) is 3. The van der Waals surface area contributed by atoms with Gasteiger partial charge in [-0.2, -0.15) is 18.3 Å². The molecule has 4 nitrogen and oxygen atoms in total. The van der Waals surface area contributed by atoms with Crippen molar-refractivity contribution < 1.29 is 13.2 Å². The van der Waals surface area contributed by atoms with Crippen molar-refractivity contribution in [3.8, 4) is 0 Å². The van der Waals surface area contributed by atoms with Crippen LogP contribution in [0.3, 0.4) is 0 Å². The number of alkyl halides is 3. The lowest BCUT2D eigenvalue weighted by Crippen LogP contribution is -2.14. The van der Waals surface area contributed by atoms with Gasteiger partial charge in [0.1, 0.15) is 5.69 Å². The van der Waals surface area contributed by atoms with E-state index in [1.54, 1.807) is 0 Å². The lowest BCUT2D eigenvalue weighted by Gasteiger charge is -2.07. The zero-order valence-electron chi connectivity index (χ0n) is 9.66. The van der Waals surface area contributed by atoms with Crippen molar-refractivity contribution in [3.05, 3.63) is 57.5 Å². The van der Waals surface area contributed by atoms with Gasteiger partial charge in [0.25, 0.3) is 5.56 Å². The minimum Gasteiger partial charge on any atom is -0.394 e. The van der Waals surface area contributed by atoms with Crippen LogP contribution in [0, 0.1) is 0 Å². The summed E-state index contributed by atoms with van der Waals surface area (Å²) in [5, 5.41) is 5.98. The molecule has 0 saturated heterocycles. The summed E-state index contributed by atoms with van der Waals surface area (Å²) < 4.78 is 37.1. The van der Waals surface area contributed by atoms with Crippen molar-refractivity contribution >= 4 is 5.69 Å². The number of nitrogens with zero attached hydrogens (tertiary/aromatic N) is 1. The molecule has 2 aromatic rings. The molecule has 0 aliphatic rings. The Labute approximate surface area is 106 Å². The largest absolute Gasteiger partial charge is 0.416 e. The Balaban J connectivity index is 2.20. The Morgan fingerprint density at radius 3 is 2.37 bits per heavy atom. The number of nitrogens with two attached hydrogens (primary N) is 1. The lowest BCUT2D eigenvalue weighted by atomic mass is 10.1. The molecule has 0 aliphatic heterocycles. The van der Waals surface area contributed by atoms with Gasteiger partial charge in [-0.15, -0.1) is 0 Å². The molecule has 1 aromatic carbocycles. The van der Waals surface area contributed by atoms with Gasteiger partial charge in [-0.3, -0.25) is 4.79 Å². The number of rotatable bonds is 2. The van der Waals surface area contributed by atoms with Crippen LogP contribution in [-0.2, 0) is 12.6 Å². The molecular weight excluding hydrogens is 259 g/mol. The molecule has 0 amide bonds. The first-order chi connectivity index (χ1) is 8.86. The molecule has 0 aliphatic carbocycles. The first-order valence-electron chi connectivity index (χ1n) is 5.36. The van der Waals surface area contributed by atoms with Gasteiger partial charge < -0.3 is 5.73 Å².